The lowest BCUT2D eigenvalue weighted by Crippen LogP contribution is -2.34. The van der Waals surface area contributed by atoms with Gasteiger partial charge in [-0.3, -0.25) is 4.72 Å². The second kappa shape index (κ2) is 9.99. The van der Waals surface area contributed by atoms with Crippen LogP contribution in [0.3, 0.4) is 0 Å². The van der Waals surface area contributed by atoms with E-state index in [2.05, 4.69) is 19.4 Å². The molecule has 8 nitrogen and oxygen atoms in total. The van der Waals surface area contributed by atoms with Gasteiger partial charge >= 0.3 is 0 Å². The summed E-state index contributed by atoms with van der Waals surface area (Å²) in [7, 11) is -4.08. The monoisotopic (exact) mass is 456 g/mol. The molecule has 0 bridgehead atoms. The maximum absolute atomic E-state index is 14.6. The first-order valence-electron chi connectivity index (χ1n) is 10.1. The van der Waals surface area contributed by atoms with Crippen LogP contribution in [0.2, 0.25) is 0 Å². The molecule has 1 aliphatic carbocycles. The Bertz CT molecular complexity index is 919. The van der Waals surface area contributed by atoms with Crippen LogP contribution in [0.15, 0.2) is 29.4 Å². The van der Waals surface area contributed by atoms with Gasteiger partial charge in [0.05, 0.1) is 0 Å². The van der Waals surface area contributed by atoms with E-state index in [0.29, 0.717) is 24.7 Å². The molecule has 30 heavy (non-hydrogen) atoms. The van der Waals surface area contributed by atoms with E-state index in [0.717, 1.165) is 30.3 Å². The minimum atomic E-state index is -4.08. The maximum Gasteiger partial charge on any atom is 0.266 e. The molecule has 3 rings (SSSR count). The fraction of sp³-hybridized carbons (Fsp3) is 0.579. The van der Waals surface area contributed by atoms with Crippen molar-refractivity contribution in [3.05, 3.63) is 30.3 Å². The van der Waals surface area contributed by atoms with Gasteiger partial charge in [0.1, 0.15) is 17.0 Å². The van der Waals surface area contributed by atoms with Crippen LogP contribution in [-0.2, 0) is 10.0 Å². The van der Waals surface area contributed by atoms with E-state index in [1.807, 2.05) is 6.92 Å². The van der Waals surface area contributed by atoms with Crippen molar-refractivity contribution in [1.29, 1.82) is 0 Å². The zero-order valence-corrected chi connectivity index (χ0v) is 18.6. The Kier molecular flexibility index (Phi) is 7.61. The number of sulfonamides is 1. The number of aromatic nitrogens is 2. The van der Waals surface area contributed by atoms with Crippen molar-refractivity contribution in [2.24, 2.45) is 29.2 Å². The number of nitrogens with zero attached hydrogens (tertiary/aromatic N) is 2. The van der Waals surface area contributed by atoms with Crippen LogP contribution in [0.5, 0.6) is 0 Å². The van der Waals surface area contributed by atoms with Crippen molar-refractivity contribution in [2.75, 3.05) is 23.1 Å². The number of rotatable bonds is 12. The Morgan fingerprint density at radius 2 is 2.13 bits per heavy atom. The Balaban J connectivity index is 1.64. The average Bonchev–Trinajstić information content (AvgIpc) is 3.41. The molecule has 0 spiro atoms. The number of hydrogen-bond donors (Lipinski definition) is 4. The summed E-state index contributed by atoms with van der Waals surface area (Å²) in [5, 5.41) is 3.29. The number of nitrogens with two attached hydrogens (primary N) is 2. The summed E-state index contributed by atoms with van der Waals surface area (Å²) in [6.07, 6.45) is 5.72. The summed E-state index contributed by atoms with van der Waals surface area (Å²) in [4.78, 5) is 3.31. The van der Waals surface area contributed by atoms with E-state index < -0.39 is 20.7 Å². The summed E-state index contributed by atoms with van der Waals surface area (Å²) in [5.41, 5.74) is 12.5. The van der Waals surface area contributed by atoms with E-state index >= 15 is 0 Å². The molecule has 1 aliphatic rings. The second-order valence-electron chi connectivity index (χ2n) is 7.91. The Morgan fingerprint density at radius 1 is 1.37 bits per heavy atom. The minimum absolute atomic E-state index is 0.0165. The van der Waals surface area contributed by atoms with E-state index in [1.54, 1.807) is 6.07 Å². The van der Waals surface area contributed by atoms with Crippen LogP contribution < -0.4 is 21.5 Å². The molecule has 1 saturated carbocycles. The topological polar surface area (TPSA) is 136 Å². The zero-order chi connectivity index (χ0) is 21.7. The number of hydrogen-bond acceptors (Lipinski definition) is 8. The smallest absolute Gasteiger partial charge is 0.266 e. The fourth-order valence-corrected chi connectivity index (χ4v) is 5.39. The molecular formula is C19H29FN6O2S2. The van der Waals surface area contributed by atoms with Crippen LogP contribution in [0, 0.1) is 23.6 Å². The number of anilines is 2. The van der Waals surface area contributed by atoms with Gasteiger partial charge in [-0.25, -0.2) is 17.8 Å². The van der Waals surface area contributed by atoms with Crippen molar-refractivity contribution in [2.45, 2.75) is 43.5 Å². The van der Waals surface area contributed by atoms with Gasteiger partial charge in [-0.05, 0) is 75.1 Å². The summed E-state index contributed by atoms with van der Waals surface area (Å²) in [6, 6.07) is 3.96. The van der Waals surface area contributed by atoms with E-state index in [-0.39, 0.29) is 17.1 Å². The van der Waals surface area contributed by atoms with Crippen molar-refractivity contribution in [1.82, 2.24) is 9.36 Å². The van der Waals surface area contributed by atoms with Crippen molar-refractivity contribution >= 4 is 32.4 Å². The molecule has 0 radical (unpaired) electrons. The average molecular weight is 457 g/mol. The lowest BCUT2D eigenvalue weighted by molar-refractivity contribution is 0.305. The van der Waals surface area contributed by atoms with Crippen LogP contribution in [-0.4, -0.2) is 36.9 Å². The van der Waals surface area contributed by atoms with Gasteiger partial charge in [-0.1, -0.05) is 0 Å². The SMILES string of the molecule is CC(N)C(CNc1ccc(S(=O)(=O)Nc2ncns2)c(F)c1)CC(CCN)C1CC1. The quantitative estimate of drug-likeness (QED) is 0.385. The molecule has 0 saturated heterocycles. The lowest BCUT2D eigenvalue weighted by Gasteiger charge is -2.27. The molecule has 1 aromatic carbocycles. The first-order valence-corrected chi connectivity index (χ1v) is 12.3. The Morgan fingerprint density at radius 3 is 2.70 bits per heavy atom. The highest BCUT2D eigenvalue weighted by atomic mass is 32.2. The molecule has 0 aliphatic heterocycles. The van der Waals surface area contributed by atoms with Gasteiger partial charge < -0.3 is 16.8 Å². The molecule has 1 heterocycles. The van der Waals surface area contributed by atoms with E-state index in [4.69, 9.17) is 11.5 Å². The highest BCUT2D eigenvalue weighted by Gasteiger charge is 2.33. The zero-order valence-electron chi connectivity index (χ0n) is 16.9. The molecular weight excluding hydrogens is 427 g/mol. The summed E-state index contributed by atoms with van der Waals surface area (Å²) >= 11 is 0.876. The van der Waals surface area contributed by atoms with Gasteiger partial charge in [-0.15, -0.1) is 0 Å². The van der Waals surface area contributed by atoms with Crippen LogP contribution in [0.25, 0.3) is 0 Å². The molecule has 3 unspecified atom stereocenters. The first kappa shape index (κ1) is 22.9. The standard InChI is InChI=1S/C19H29FN6O2S2/c1-12(22)15(8-14(6-7-21)13-2-3-13)10-23-16-4-5-18(17(20)9-16)30(27,28)26-19-24-11-25-29-19/h4-5,9,11-15,23H,2-3,6-8,10,21-22H2,1H3,(H,24,25,26). The first-order chi connectivity index (χ1) is 14.3. The second-order valence-corrected chi connectivity index (χ2v) is 10.3. The van der Waals surface area contributed by atoms with E-state index in [9.17, 15) is 12.8 Å². The molecule has 166 valence electrons. The van der Waals surface area contributed by atoms with Gasteiger partial charge in [0.25, 0.3) is 10.0 Å². The molecule has 0 amide bonds. The summed E-state index contributed by atoms with van der Waals surface area (Å²) in [6.45, 7) is 3.24. The predicted molar refractivity (Wildman–Crippen MR) is 117 cm³/mol. The number of nitrogens with one attached hydrogen (secondary N) is 2. The normalized spacial score (nSPS) is 17.3. The minimum Gasteiger partial charge on any atom is -0.385 e. The molecule has 11 heteroatoms. The largest absolute Gasteiger partial charge is 0.385 e. The third-order valence-electron chi connectivity index (χ3n) is 5.55. The van der Waals surface area contributed by atoms with Crippen LogP contribution >= 0.6 is 11.5 Å². The third kappa shape index (κ3) is 6.10. The summed E-state index contributed by atoms with van der Waals surface area (Å²) < 4.78 is 45.3. The predicted octanol–water partition coefficient (Wildman–Crippen LogP) is 2.62. The van der Waals surface area contributed by atoms with Gasteiger partial charge in [-0.2, -0.15) is 4.37 Å². The highest BCUT2D eigenvalue weighted by molar-refractivity contribution is 7.93. The van der Waals surface area contributed by atoms with Crippen LogP contribution in [0.1, 0.15) is 32.6 Å². The number of halogens is 1. The third-order valence-corrected chi connectivity index (χ3v) is 7.63. The Labute approximate surface area is 180 Å². The van der Waals surface area contributed by atoms with Crippen molar-refractivity contribution in [3.63, 3.8) is 0 Å². The highest BCUT2D eigenvalue weighted by Crippen LogP contribution is 2.41. The van der Waals surface area contributed by atoms with Crippen molar-refractivity contribution < 1.29 is 12.8 Å². The van der Waals surface area contributed by atoms with Gasteiger partial charge in [0.15, 0.2) is 0 Å². The maximum atomic E-state index is 14.6. The summed E-state index contributed by atoms with van der Waals surface area (Å²) in [5.74, 6) is 0.696. The van der Waals surface area contributed by atoms with E-state index in [1.165, 1.54) is 31.3 Å². The molecule has 1 fully saturated rings. The lowest BCUT2D eigenvalue weighted by atomic mass is 9.85. The van der Waals surface area contributed by atoms with Gasteiger partial charge in [0, 0.05) is 29.8 Å². The Hall–Kier alpha value is -1.82. The molecule has 3 atom stereocenters. The molecule has 1 aromatic heterocycles. The number of benzene rings is 1. The van der Waals surface area contributed by atoms with Gasteiger partial charge in [0.2, 0.25) is 5.13 Å². The van der Waals surface area contributed by atoms with Crippen molar-refractivity contribution in [3.8, 4) is 0 Å². The fourth-order valence-electron chi connectivity index (χ4n) is 3.67. The van der Waals surface area contributed by atoms with Crippen LogP contribution in [0.4, 0.5) is 15.2 Å². The molecule has 6 N–H and O–H groups in total. The molecule has 2 aromatic rings.